The van der Waals surface area contributed by atoms with Crippen LogP contribution in [0, 0.1) is 6.92 Å². The third-order valence-electron chi connectivity index (χ3n) is 4.80. The van der Waals surface area contributed by atoms with Crippen molar-refractivity contribution < 1.29 is 14.3 Å². The topological polar surface area (TPSA) is 58.6 Å². The van der Waals surface area contributed by atoms with Crippen molar-refractivity contribution in [1.82, 2.24) is 10.2 Å². The Bertz CT molecular complexity index is 873. The Morgan fingerprint density at radius 1 is 1.17 bits per heavy atom. The summed E-state index contributed by atoms with van der Waals surface area (Å²) in [5.74, 6) is 0.121. The molecule has 0 aliphatic rings. The van der Waals surface area contributed by atoms with Gasteiger partial charge in [-0.2, -0.15) is 0 Å². The number of carbonyl (C=O) groups excluding carboxylic acids is 2. The van der Waals surface area contributed by atoms with Crippen molar-refractivity contribution in [2.24, 2.45) is 0 Å². The van der Waals surface area contributed by atoms with Gasteiger partial charge in [-0.15, -0.1) is 0 Å². The number of aryl methyl sites for hydroxylation is 1. The fourth-order valence-corrected chi connectivity index (χ4v) is 3.36. The van der Waals surface area contributed by atoms with Crippen molar-refractivity contribution in [2.75, 3.05) is 13.2 Å². The third kappa shape index (κ3) is 6.92. The molecule has 30 heavy (non-hydrogen) atoms. The molecule has 0 fully saturated rings. The van der Waals surface area contributed by atoms with Gasteiger partial charge in [0.1, 0.15) is 11.8 Å². The number of ether oxygens (including phenoxy) is 1. The summed E-state index contributed by atoms with van der Waals surface area (Å²) >= 11 is 12.3. The standard InChI is InChI=1S/C23H28Cl2N2O3/c1-4-5-12-26-23(29)17(3)27(14-18-10-11-19(24)13-20(18)25)22(28)15-30-21-9-7-6-8-16(21)2/h6-11,13,17H,4-5,12,14-15H2,1-3H3,(H,26,29)/t17-/m0/s1. The zero-order valence-electron chi connectivity index (χ0n) is 17.6. The molecule has 0 saturated carbocycles. The van der Waals surface area contributed by atoms with Gasteiger partial charge in [-0.1, -0.05) is 60.8 Å². The maximum atomic E-state index is 13.0. The summed E-state index contributed by atoms with van der Waals surface area (Å²) in [6.07, 6.45) is 1.85. The molecule has 1 N–H and O–H groups in total. The quantitative estimate of drug-likeness (QED) is 0.517. The highest BCUT2D eigenvalue weighted by atomic mass is 35.5. The van der Waals surface area contributed by atoms with E-state index in [1.807, 2.05) is 31.2 Å². The average Bonchev–Trinajstić information content (AvgIpc) is 2.72. The molecule has 162 valence electrons. The van der Waals surface area contributed by atoms with Crippen LogP contribution >= 0.6 is 23.2 Å². The largest absolute Gasteiger partial charge is 0.484 e. The predicted molar refractivity (Wildman–Crippen MR) is 121 cm³/mol. The van der Waals surface area contributed by atoms with E-state index in [-0.39, 0.29) is 25.0 Å². The van der Waals surface area contributed by atoms with Crippen LogP contribution in [0.3, 0.4) is 0 Å². The van der Waals surface area contributed by atoms with Gasteiger partial charge in [0.15, 0.2) is 6.61 Å². The number of unbranched alkanes of at least 4 members (excludes halogenated alkanes) is 1. The first-order valence-electron chi connectivity index (χ1n) is 10.0. The molecule has 0 spiro atoms. The maximum Gasteiger partial charge on any atom is 0.261 e. The molecule has 2 aromatic carbocycles. The molecule has 0 aliphatic heterocycles. The fraction of sp³-hybridized carbons (Fsp3) is 0.391. The van der Waals surface area contributed by atoms with E-state index < -0.39 is 6.04 Å². The predicted octanol–water partition coefficient (Wildman–Crippen LogP) is 5.01. The Morgan fingerprint density at radius 3 is 2.57 bits per heavy atom. The monoisotopic (exact) mass is 450 g/mol. The van der Waals surface area contributed by atoms with Crippen LogP contribution < -0.4 is 10.1 Å². The van der Waals surface area contributed by atoms with Crippen LogP contribution in [0.2, 0.25) is 10.0 Å². The van der Waals surface area contributed by atoms with Gasteiger partial charge in [0.25, 0.3) is 5.91 Å². The van der Waals surface area contributed by atoms with E-state index in [0.29, 0.717) is 27.9 Å². The number of hydrogen-bond donors (Lipinski definition) is 1. The molecule has 0 aromatic heterocycles. The van der Waals surface area contributed by atoms with E-state index in [2.05, 4.69) is 12.2 Å². The second kappa shape index (κ2) is 11.8. The maximum absolute atomic E-state index is 13.0. The zero-order chi connectivity index (χ0) is 22.1. The van der Waals surface area contributed by atoms with Crippen LogP contribution in [0.25, 0.3) is 0 Å². The molecule has 7 heteroatoms. The molecule has 1 atom stereocenters. The van der Waals surface area contributed by atoms with Gasteiger partial charge in [0, 0.05) is 23.1 Å². The van der Waals surface area contributed by atoms with Gasteiger partial charge < -0.3 is 15.0 Å². The molecule has 5 nitrogen and oxygen atoms in total. The summed E-state index contributed by atoms with van der Waals surface area (Å²) in [4.78, 5) is 27.1. The summed E-state index contributed by atoms with van der Waals surface area (Å²) in [6.45, 7) is 6.24. The molecule has 2 aromatic rings. The van der Waals surface area contributed by atoms with Crippen molar-refractivity contribution in [3.8, 4) is 5.75 Å². The number of amides is 2. The number of halogens is 2. The summed E-state index contributed by atoms with van der Waals surface area (Å²) < 4.78 is 5.72. The number of para-hydroxylation sites is 1. The Hall–Kier alpha value is -2.24. The van der Waals surface area contributed by atoms with E-state index in [4.69, 9.17) is 27.9 Å². The van der Waals surface area contributed by atoms with Gasteiger partial charge in [-0.25, -0.2) is 0 Å². The van der Waals surface area contributed by atoms with Gasteiger partial charge in [0.2, 0.25) is 5.91 Å². The lowest BCUT2D eigenvalue weighted by Crippen LogP contribution is -2.49. The van der Waals surface area contributed by atoms with Gasteiger partial charge in [-0.3, -0.25) is 9.59 Å². The van der Waals surface area contributed by atoms with Gasteiger partial charge in [-0.05, 0) is 49.6 Å². The van der Waals surface area contributed by atoms with Crippen LogP contribution in [0.5, 0.6) is 5.75 Å². The molecular formula is C23H28Cl2N2O3. The molecule has 2 amide bonds. The van der Waals surface area contributed by atoms with Crippen LogP contribution in [0.15, 0.2) is 42.5 Å². The van der Waals surface area contributed by atoms with Gasteiger partial charge in [0.05, 0.1) is 0 Å². The lowest BCUT2D eigenvalue weighted by Gasteiger charge is -2.29. The smallest absolute Gasteiger partial charge is 0.261 e. The molecule has 2 rings (SSSR count). The fourth-order valence-electron chi connectivity index (χ4n) is 2.89. The first kappa shape index (κ1) is 24.0. The lowest BCUT2D eigenvalue weighted by atomic mass is 10.1. The Kier molecular flexibility index (Phi) is 9.47. The molecular weight excluding hydrogens is 423 g/mol. The number of benzene rings is 2. The Labute approximate surface area is 188 Å². The van der Waals surface area contributed by atoms with E-state index >= 15 is 0 Å². The number of nitrogens with one attached hydrogen (secondary N) is 1. The Balaban J connectivity index is 2.17. The summed E-state index contributed by atoms with van der Waals surface area (Å²) in [5.41, 5.74) is 1.64. The molecule has 0 saturated heterocycles. The van der Waals surface area contributed by atoms with Crippen molar-refractivity contribution in [2.45, 2.75) is 46.2 Å². The number of carbonyl (C=O) groups is 2. The van der Waals surface area contributed by atoms with E-state index in [1.54, 1.807) is 25.1 Å². The first-order chi connectivity index (χ1) is 14.3. The summed E-state index contributed by atoms with van der Waals surface area (Å²) in [7, 11) is 0. The van der Waals surface area contributed by atoms with Crippen molar-refractivity contribution in [1.29, 1.82) is 0 Å². The Morgan fingerprint density at radius 2 is 1.90 bits per heavy atom. The zero-order valence-corrected chi connectivity index (χ0v) is 19.1. The third-order valence-corrected chi connectivity index (χ3v) is 5.38. The molecule has 0 unspecified atom stereocenters. The second-order valence-corrected chi connectivity index (χ2v) is 7.98. The highest BCUT2D eigenvalue weighted by Gasteiger charge is 2.27. The average molecular weight is 451 g/mol. The highest BCUT2D eigenvalue weighted by Crippen LogP contribution is 2.23. The van der Waals surface area contributed by atoms with Gasteiger partial charge >= 0.3 is 0 Å². The highest BCUT2D eigenvalue weighted by molar-refractivity contribution is 6.35. The minimum absolute atomic E-state index is 0.175. The molecule has 0 heterocycles. The first-order valence-corrected chi connectivity index (χ1v) is 10.8. The van der Waals surface area contributed by atoms with Crippen LogP contribution in [-0.2, 0) is 16.1 Å². The molecule has 0 aliphatic carbocycles. The number of rotatable bonds is 10. The minimum atomic E-state index is -0.679. The molecule has 0 radical (unpaired) electrons. The summed E-state index contributed by atoms with van der Waals surface area (Å²) in [6, 6.07) is 11.9. The van der Waals surface area contributed by atoms with E-state index in [1.165, 1.54) is 4.90 Å². The van der Waals surface area contributed by atoms with E-state index in [9.17, 15) is 9.59 Å². The number of hydrogen-bond acceptors (Lipinski definition) is 3. The van der Waals surface area contributed by atoms with Crippen molar-refractivity contribution >= 4 is 35.0 Å². The van der Waals surface area contributed by atoms with Crippen LogP contribution in [0.1, 0.15) is 37.8 Å². The van der Waals surface area contributed by atoms with Crippen LogP contribution in [0.4, 0.5) is 0 Å². The SMILES string of the molecule is CCCCNC(=O)[C@H](C)N(Cc1ccc(Cl)cc1Cl)C(=O)COc1ccccc1C. The van der Waals surface area contributed by atoms with Crippen LogP contribution in [-0.4, -0.2) is 35.9 Å². The number of nitrogens with zero attached hydrogens (tertiary/aromatic N) is 1. The van der Waals surface area contributed by atoms with E-state index in [0.717, 1.165) is 18.4 Å². The second-order valence-electron chi connectivity index (χ2n) is 7.13. The van der Waals surface area contributed by atoms with Crippen molar-refractivity contribution in [3.05, 3.63) is 63.6 Å². The lowest BCUT2D eigenvalue weighted by molar-refractivity contribution is -0.142. The summed E-state index contributed by atoms with van der Waals surface area (Å²) in [5, 5.41) is 3.84. The minimum Gasteiger partial charge on any atom is -0.484 e. The van der Waals surface area contributed by atoms with Crippen molar-refractivity contribution in [3.63, 3.8) is 0 Å². The normalized spacial score (nSPS) is 11.6. The molecule has 0 bridgehead atoms.